The highest BCUT2D eigenvalue weighted by molar-refractivity contribution is 5.95. The van der Waals surface area contributed by atoms with Crippen molar-refractivity contribution < 1.29 is 4.79 Å². The van der Waals surface area contributed by atoms with Gasteiger partial charge in [-0.1, -0.05) is 0 Å². The molecule has 4 nitrogen and oxygen atoms in total. The number of rotatable bonds is 5. The lowest BCUT2D eigenvalue weighted by Gasteiger charge is -2.11. The fourth-order valence-electron chi connectivity index (χ4n) is 1.63. The molecule has 17 heavy (non-hydrogen) atoms. The zero-order chi connectivity index (χ0) is 12.8. The normalized spacial score (nSPS) is 10.6. The van der Waals surface area contributed by atoms with Crippen LogP contribution in [-0.4, -0.2) is 38.0 Å². The van der Waals surface area contributed by atoms with Crippen LogP contribution in [0.3, 0.4) is 0 Å². The quantitative estimate of drug-likeness (QED) is 0.596. The number of nitrogens with zero attached hydrogens (tertiary/aromatic N) is 1. The molecule has 0 aliphatic rings. The summed E-state index contributed by atoms with van der Waals surface area (Å²) < 4.78 is 0. The lowest BCUT2D eigenvalue weighted by molar-refractivity contribution is 0.0951. The van der Waals surface area contributed by atoms with E-state index in [-0.39, 0.29) is 5.91 Å². The number of amides is 1. The number of benzene rings is 1. The van der Waals surface area contributed by atoms with E-state index in [1.54, 1.807) is 12.1 Å². The van der Waals surface area contributed by atoms with Crippen LogP contribution in [0.2, 0.25) is 0 Å². The van der Waals surface area contributed by atoms with Gasteiger partial charge in [-0.3, -0.25) is 4.79 Å². The van der Waals surface area contributed by atoms with E-state index in [0.29, 0.717) is 17.8 Å². The number of nitrogen functional groups attached to an aromatic ring is 1. The molecule has 0 fully saturated rings. The number of aryl methyl sites for hydroxylation is 1. The van der Waals surface area contributed by atoms with E-state index in [9.17, 15) is 4.79 Å². The van der Waals surface area contributed by atoms with Crippen molar-refractivity contribution in [3.8, 4) is 0 Å². The third-order valence-electron chi connectivity index (χ3n) is 2.56. The van der Waals surface area contributed by atoms with Crippen molar-refractivity contribution in [2.24, 2.45) is 0 Å². The van der Waals surface area contributed by atoms with E-state index < -0.39 is 0 Å². The third kappa shape index (κ3) is 4.44. The average Bonchev–Trinajstić information content (AvgIpc) is 2.23. The van der Waals surface area contributed by atoms with Crippen molar-refractivity contribution in [2.75, 3.05) is 32.9 Å². The Hall–Kier alpha value is -1.55. The second-order valence-corrected chi connectivity index (χ2v) is 4.49. The van der Waals surface area contributed by atoms with E-state index in [4.69, 9.17) is 5.73 Å². The van der Waals surface area contributed by atoms with Gasteiger partial charge in [-0.2, -0.15) is 0 Å². The maximum atomic E-state index is 11.9. The molecule has 0 saturated carbocycles. The summed E-state index contributed by atoms with van der Waals surface area (Å²) in [5.74, 6) is -0.0266. The molecule has 1 aromatic rings. The molecule has 0 spiro atoms. The van der Waals surface area contributed by atoms with Crippen LogP contribution < -0.4 is 11.1 Å². The van der Waals surface area contributed by atoms with Crippen molar-refractivity contribution in [2.45, 2.75) is 13.3 Å². The topological polar surface area (TPSA) is 58.4 Å². The molecule has 0 atom stereocenters. The van der Waals surface area contributed by atoms with Crippen LogP contribution in [0.1, 0.15) is 22.3 Å². The van der Waals surface area contributed by atoms with Gasteiger partial charge in [-0.25, -0.2) is 0 Å². The predicted octanol–water partition coefficient (Wildman–Crippen LogP) is 1.26. The summed E-state index contributed by atoms with van der Waals surface area (Å²) in [4.78, 5) is 14.0. The molecule has 0 aromatic heterocycles. The first kappa shape index (κ1) is 13.5. The van der Waals surface area contributed by atoms with E-state index in [2.05, 4.69) is 10.2 Å². The maximum Gasteiger partial charge on any atom is 0.251 e. The molecule has 4 heteroatoms. The minimum absolute atomic E-state index is 0.0266. The number of anilines is 1. The zero-order valence-corrected chi connectivity index (χ0v) is 10.8. The average molecular weight is 235 g/mol. The SMILES string of the molecule is Cc1cc(N)ccc1C(=O)NCCCN(C)C. The van der Waals surface area contributed by atoms with Crippen molar-refractivity contribution in [3.05, 3.63) is 29.3 Å². The maximum absolute atomic E-state index is 11.9. The molecule has 0 bridgehead atoms. The molecular weight excluding hydrogens is 214 g/mol. The van der Waals surface area contributed by atoms with Crippen LogP contribution in [0.5, 0.6) is 0 Å². The molecular formula is C13H21N3O. The number of carbonyl (C=O) groups is 1. The van der Waals surface area contributed by atoms with Crippen LogP contribution >= 0.6 is 0 Å². The Morgan fingerprint density at radius 2 is 2.12 bits per heavy atom. The van der Waals surface area contributed by atoms with E-state index in [1.165, 1.54) is 0 Å². The summed E-state index contributed by atoms with van der Waals surface area (Å²) in [6.07, 6.45) is 0.951. The monoisotopic (exact) mass is 235 g/mol. The predicted molar refractivity (Wildman–Crippen MR) is 71.1 cm³/mol. The van der Waals surface area contributed by atoms with Crippen molar-refractivity contribution in [1.29, 1.82) is 0 Å². The van der Waals surface area contributed by atoms with Crippen molar-refractivity contribution in [3.63, 3.8) is 0 Å². The minimum atomic E-state index is -0.0266. The Kier molecular flexibility index (Phi) is 4.97. The van der Waals surface area contributed by atoms with Crippen LogP contribution in [0.15, 0.2) is 18.2 Å². The first-order valence-corrected chi connectivity index (χ1v) is 5.80. The summed E-state index contributed by atoms with van der Waals surface area (Å²) in [5, 5.41) is 2.91. The first-order chi connectivity index (χ1) is 8.00. The lowest BCUT2D eigenvalue weighted by Crippen LogP contribution is -2.27. The second-order valence-electron chi connectivity index (χ2n) is 4.49. The van der Waals surface area contributed by atoms with E-state index in [1.807, 2.05) is 27.1 Å². The molecule has 0 unspecified atom stereocenters. The van der Waals surface area contributed by atoms with Gasteiger partial charge >= 0.3 is 0 Å². The molecule has 1 amide bonds. The molecule has 0 aliphatic heterocycles. The number of hydrogen-bond donors (Lipinski definition) is 2. The highest BCUT2D eigenvalue weighted by atomic mass is 16.1. The number of hydrogen-bond acceptors (Lipinski definition) is 3. The number of nitrogens with two attached hydrogens (primary N) is 1. The van der Waals surface area contributed by atoms with Gasteiger partial charge in [0.2, 0.25) is 0 Å². The summed E-state index contributed by atoms with van der Waals surface area (Å²) in [5.41, 5.74) is 7.94. The van der Waals surface area contributed by atoms with Crippen LogP contribution in [0, 0.1) is 6.92 Å². The first-order valence-electron chi connectivity index (χ1n) is 5.80. The highest BCUT2D eigenvalue weighted by Gasteiger charge is 2.07. The smallest absolute Gasteiger partial charge is 0.251 e. The van der Waals surface area contributed by atoms with Gasteiger partial charge in [0, 0.05) is 17.8 Å². The molecule has 3 N–H and O–H groups in total. The van der Waals surface area contributed by atoms with Crippen molar-refractivity contribution >= 4 is 11.6 Å². The van der Waals surface area contributed by atoms with Crippen LogP contribution in [0.25, 0.3) is 0 Å². The molecule has 0 radical (unpaired) electrons. The summed E-state index contributed by atoms with van der Waals surface area (Å²) >= 11 is 0. The Morgan fingerprint density at radius 3 is 2.71 bits per heavy atom. The summed E-state index contributed by atoms with van der Waals surface area (Å²) in [6.45, 7) is 3.56. The Balaban J connectivity index is 2.47. The largest absolute Gasteiger partial charge is 0.399 e. The fourth-order valence-corrected chi connectivity index (χ4v) is 1.63. The van der Waals surface area contributed by atoms with Gasteiger partial charge in [-0.05, 0) is 57.7 Å². The lowest BCUT2D eigenvalue weighted by atomic mass is 10.1. The standard InChI is InChI=1S/C13H21N3O/c1-10-9-11(14)5-6-12(10)13(17)15-7-4-8-16(2)3/h5-6,9H,4,7-8,14H2,1-3H3,(H,15,17). The molecule has 94 valence electrons. The van der Waals surface area contributed by atoms with Gasteiger partial charge in [0.05, 0.1) is 0 Å². The van der Waals surface area contributed by atoms with E-state index in [0.717, 1.165) is 18.5 Å². The molecule has 0 aliphatic carbocycles. The van der Waals surface area contributed by atoms with Crippen LogP contribution in [0.4, 0.5) is 5.69 Å². The fraction of sp³-hybridized carbons (Fsp3) is 0.462. The highest BCUT2D eigenvalue weighted by Crippen LogP contribution is 2.12. The van der Waals surface area contributed by atoms with Gasteiger partial charge in [0.25, 0.3) is 5.91 Å². The van der Waals surface area contributed by atoms with Gasteiger partial charge in [0.1, 0.15) is 0 Å². The van der Waals surface area contributed by atoms with Gasteiger partial charge in [0.15, 0.2) is 0 Å². The summed E-state index contributed by atoms with van der Waals surface area (Å²) in [6, 6.07) is 5.34. The summed E-state index contributed by atoms with van der Waals surface area (Å²) in [7, 11) is 4.04. The van der Waals surface area contributed by atoms with E-state index >= 15 is 0 Å². The Bertz CT molecular complexity index is 388. The Labute approximate surface area is 103 Å². The number of nitrogens with one attached hydrogen (secondary N) is 1. The second kappa shape index (κ2) is 6.25. The molecule has 1 aromatic carbocycles. The van der Waals surface area contributed by atoms with Gasteiger partial charge < -0.3 is 16.0 Å². The van der Waals surface area contributed by atoms with Gasteiger partial charge in [-0.15, -0.1) is 0 Å². The van der Waals surface area contributed by atoms with Crippen LogP contribution in [-0.2, 0) is 0 Å². The molecule has 0 saturated heterocycles. The minimum Gasteiger partial charge on any atom is -0.399 e. The zero-order valence-electron chi connectivity index (χ0n) is 10.8. The number of carbonyl (C=O) groups excluding carboxylic acids is 1. The van der Waals surface area contributed by atoms with Crippen molar-refractivity contribution in [1.82, 2.24) is 10.2 Å². The molecule has 0 heterocycles. The third-order valence-corrected chi connectivity index (χ3v) is 2.56. The molecule has 1 rings (SSSR count). The Morgan fingerprint density at radius 1 is 1.41 bits per heavy atom.